The first-order valence-corrected chi connectivity index (χ1v) is 13.5. The predicted octanol–water partition coefficient (Wildman–Crippen LogP) is 3.24. The quantitative estimate of drug-likeness (QED) is 0.528. The number of anilines is 2. The van der Waals surface area contributed by atoms with Gasteiger partial charge in [-0.1, -0.05) is 0 Å². The van der Waals surface area contributed by atoms with Crippen molar-refractivity contribution in [2.75, 3.05) is 50.2 Å². The van der Waals surface area contributed by atoms with Crippen molar-refractivity contribution in [1.82, 2.24) is 29.9 Å². The zero-order valence-electron chi connectivity index (χ0n) is 21.3. The highest BCUT2D eigenvalue weighted by atomic mass is 16.5. The van der Waals surface area contributed by atoms with Gasteiger partial charge in [0, 0.05) is 57.5 Å². The molecule has 0 bridgehead atoms. The van der Waals surface area contributed by atoms with E-state index in [1.165, 1.54) is 6.42 Å². The second-order valence-corrected chi connectivity index (χ2v) is 11.0. The number of likely N-dealkylation sites (tertiary alicyclic amines) is 1. The summed E-state index contributed by atoms with van der Waals surface area (Å²) in [7, 11) is 1.75. The molecule has 1 aliphatic carbocycles. The number of urea groups is 1. The summed E-state index contributed by atoms with van der Waals surface area (Å²) in [5.74, 6) is 1.39. The van der Waals surface area contributed by atoms with Crippen LogP contribution < -0.4 is 10.2 Å². The van der Waals surface area contributed by atoms with Crippen LogP contribution in [0.1, 0.15) is 38.5 Å². The lowest BCUT2D eigenvalue weighted by molar-refractivity contribution is 0.0783. The van der Waals surface area contributed by atoms with Crippen LogP contribution in [0, 0.1) is 5.92 Å². The number of ether oxygens (including phenoxy) is 2. The van der Waals surface area contributed by atoms with E-state index in [-0.39, 0.29) is 17.7 Å². The Balaban J connectivity index is 1.19. The molecule has 1 atom stereocenters. The third-order valence-electron chi connectivity index (χ3n) is 8.61. The molecule has 0 radical (unpaired) electrons. The van der Waals surface area contributed by atoms with Crippen LogP contribution in [0.5, 0.6) is 0 Å². The molecule has 1 saturated carbocycles. The van der Waals surface area contributed by atoms with Crippen LogP contribution >= 0.6 is 0 Å². The summed E-state index contributed by atoms with van der Waals surface area (Å²) in [6.07, 6.45) is 10.4. The van der Waals surface area contributed by atoms with E-state index >= 15 is 0 Å². The molecule has 196 valence electrons. The normalized spacial score (nSPS) is 23.1. The molecule has 0 aromatic carbocycles. The molecule has 2 amide bonds. The fourth-order valence-electron chi connectivity index (χ4n) is 6.13. The van der Waals surface area contributed by atoms with Gasteiger partial charge in [-0.25, -0.2) is 4.79 Å². The van der Waals surface area contributed by atoms with Crippen molar-refractivity contribution in [2.45, 2.75) is 56.7 Å². The summed E-state index contributed by atoms with van der Waals surface area (Å²) in [6, 6.07) is 2.02. The Morgan fingerprint density at radius 1 is 1.27 bits per heavy atom. The van der Waals surface area contributed by atoms with E-state index in [1.54, 1.807) is 13.3 Å². The van der Waals surface area contributed by atoms with Gasteiger partial charge in [-0.05, 0) is 44.6 Å². The first-order valence-electron chi connectivity index (χ1n) is 13.5. The zero-order chi connectivity index (χ0) is 25.0. The fraction of sp³-hybridized carbons (Fsp3) is 0.615. The van der Waals surface area contributed by atoms with Crippen LogP contribution in [0.2, 0.25) is 0 Å². The van der Waals surface area contributed by atoms with E-state index in [9.17, 15) is 4.79 Å². The Bertz CT molecular complexity index is 1300. The molecule has 2 N–H and O–H groups in total. The van der Waals surface area contributed by atoms with E-state index in [0.717, 1.165) is 93.9 Å². The SMILES string of the molecule is COC1CN(c2nn(CC3CCOC3)c3cc(-c4[nH]ncc4NC(=O)N4CCCCC45CC5)ncc23)C1. The Kier molecular flexibility index (Phi) is 5.58. The Labute approximate surface area is 215 Å². The summed E-state index contributed by atoms with van der Waals surface area (Å²) >= 11 is 0. The number of fused-ring (bicyclic) bond motifs is 1. The molecule has 11 heteroatoms. The minimum absolute atomic E-state index is 0.0417. The lowest BCUT2D eigenvalue weighted by Gasteiger charge is -2.38. The summed E-state index contributed by atoms with van der Waals surface area (Å²) in [6.45, 7) is 4.83. The third kappa shape index (κ3) is 4.04. The molecule has 3 aliphatic heterocycles. The molecule has 3 aromatic rings. The number of hydrogen-bond donors (Lipinski definition) is 2. The smallest absolute Gasteiger partial charge is 0.322 e. The molecule has 4 aliphatic rings. The van der Waals surface area contributed by atoms with Crippen molar-refractivity contribution in [1.29, 1.82) is 0 Å². The number of nitrogens with one attached hydrogen (secondary N) is 2. The summed E-state index contributed by atoms with van der Waals surface area (Å²) < 4.78 is 13.2. The van der Waals surface area contributed by atoms with Gasteiger partial charge < -0.3 is 24.6 Å². The standard InChI is InChI=1S/C26H34N8O3/c1-36-18-14-32(15-18)24-19-11-27-20(10-22(19)34(31-24)13-17-4-9-37-16-17)23-21(12-28-30-23)29-25(35)33-8-3-2-5-26(33)6-7-26/h10-12,17-18H,2-9,13-16H2,1H3,(H,28,30)(H,29,35). The van der Waals surface area contributed by atoms with Gasteiger partial charge in [0.15, 0.2) is 5.82 Å². The van der Waals surface area contributed by atoms with Gasteiger partial charge in [0.1, 0.15) is 5.69 Å². The van der Waals surface area contributed by atoms with Gasteiger partial charge in [0.05, 0.1) is 41.2 Å². The third-order valence-corrected chi connectivity index (χ3v) is 8.61. The fourth-order valence-corrected chi connectivity index (χ4v) is 6.13. The first kappa shape index (κ1) is 23.0. The number of hydrogen-bond acceptors (Lipinski definition) is 7. The van der Waals surface area contributed by atoms with Crippen molar-refractivity contribution in [3.63, 3.8) is 0 Å². The number of aromatic amines is 1. The molecule has 3 saturated heterocycles. The molecule has 11 nitrogen and oxygen atoms in total. The molecule has 3 aromatic heterocycles. The Morgan fingerprint density at radius 2 is 2.16 bits per heavy atom. The average Bonchev–Trinajstić information content (AvgIpc) is 3.25. The molecular weight excluding hydrogens is 472 g/mol. The second-order valence-electron chi connectivity index (χ2n) is 11.0. The number of pyridine rings is 1. The number of nitrogens with zero attached hydrogens (tertiary/aromatic N) is 6. The highest BCUT2D eigenvalue weighted by Crippen LogP contribution is 2.48. The largest absolute Gasteiger partial charge is 0.381 e. The van der Waals surface area contributed by atoms with Crippen molar-refractivity contribution in [3.8, 4) is 11.4 Å². The molecule has 6 heterocycles. The van der Waals surface area contributed by atoms with Crippen LogP contribution in [-0.4, -0.2) is 87.5 Å². The first-order chi connectivity index (χ1) is 18.1. The van der Waals surface area contributed by atoms with Gasteiger partial charge in [-0.3, -0.25) is 14.8 Å². The minimum atomic E-state index is -0.0417. The number of H-pyrrole nitrogens is 1. The number of carbonyl (C=O) groups is 1. The summed E-state index contributed by atoms with van der Waals surface area (Å²) in [4.78, 5) is 22.3. The predicted molar refractivity (Wildman–Crippen MR) is 139 cm³/mol. The molecule has 1 spiro atoms. The molecular formula is C26H34N8O3. The minimum Gasteiger partial charge on any atom is -0.381 e. The van der Waals surface area contributed by atoms with E-state index in [4.69, 9.17) is 19.6 Å². The molecule has 4 fully saturated rings. The van der Waals surface area contributed by atoms with Gasteiger partial charge in [-0.2, -0.15) is 10.2 Å². The number of carbonyl (C=O) groups excluding carboxylic acids is 1. The highest BCUT2D eigenvalue weighted by Gasteiger charge is 2.51. The molecule has 37 heavy (non-hydrogen) atoms. The maximum atomic E-state index is 13.2. The highest BCUT2D eigenvalue weighted by molar-refractivity contribution is 5.96. The number of aromatic nitrogens is 5. The van der Waals surface area contributed by atoms with E-state index in [2.05, 4.69) is 31.2 Å². The van der Waals surface area contributed by atoms with Gasteiger partial charge >= 0.3 is 6.03 Å². The maximum absolute atomic E-state index is 13.2. The Hall–Kier alpha value is -3.18. The topological polar surface area (TPSA) is 113 Å². The van der Waals surface area contributed by atoms with Crippen LogP contribution in [0.3, 0.4) is 0 Å². The van der Waals surface area contributed by atoms with Crippen LogP contribution in [0.15, 0.2) is 18.5 Å². The van der Waals surface area contributed by atoms with E-state index in [0.29, 0.717) is 17.3 Å². The average molecular weight is 507 g/mol. The zero-order valence-corrected chi connectivity index (χ0v) is 21.3. The number of piperidine rings is 1. The maximum Gasteiger partial charge on any atom is 0.322 e. The second kappa shape index (κ2) is 8.98. The summed E-state index contributed by atoms with van der Waals surface area (Å²) in [5.41, 5.74) is 3.19. The van der Waals surface area contributed by atoms with Crippen molar-refractivity contribution in [3.05, 3.63) is 18.5 Å². The van der Waals surface area contributed by atoms with Crippen molar-refractivity contribution in [2.24, 2.45) is 5.92 Å². The van der Waals surface area contributed by atoms with E-state index in [1.807, 2.05) is 11.1 Å². The van der Waals surface area contributed by atoms with Crippen LogP contribution in [-0.2, 0) is 16.0 Å². The molecule has 1 unspecified atom stereocenters. The number of amides is 2. The van der Waals surface area contributed by atoms with Gasteiger partial charge in [0.2, 0.25) is 0 Å². The van der Waals surface area contributed by atoms with Gasteiger partial charge in [-0.15, -0.1) is 0 Å². The molecule has 7 rings (SSSR count). The van der Waals surface area contributed by atoms with Crippen LogP contribution in [0.25, 0.3) is 22.3 Å². The summed E-state index contributed by atoms with van der Waals surface area (Å²) in [5, 5.41) is 16.5. The van der Waals surface area contributed by atoms with E-state index < -0.39 is 0 Å². The van der Waals surface area contributed by atoms with Crippen LogP contribution in [0.4, 0.5) is 16.3 Å². The van der Waals surface area contributed by atoms with Gasteiger partial charge in [0.25, 0.3) is 0 Å². The van der Waals surface area contributed by atoms with Crippen molar-refractivity contribution < 1.29 is 14.3 Å². The number of methoxy groups -OCH3 is 1. The monoisotopic (exact) mass is 506 g/mol. The lowest BCUT2D eigenvalue weighted by atomic mass is 10.0. The lowest BCUT2D eigenvalue weighted by Crippen LogP contribution is -2.52. The number of rotatable bonds is 6. The van der Waals surface area contributed by atoms with Crippen molar-refractivity contribution >= 4 is 28.4 Å². The Morgan fingerprint density at radius 3 is 2.95 bits per heavy atom.